The van der Waals surface area contributed by atoms with E-state index in [-0.39, 0.29) is 24.5 Å². The van der Waals surface area contributed by atoms with Crippen LogP contribution in [0.3, 0.4) is 0 Å². The molecule has 32 heavy (non-hydrogen) atoms. The molecule has 0 spiro atoms. The number of hydrazone groups is 1. The first-order valence-corrected chi connectivity index (χ1v) is 10.3. The summed E-state index contributed by atoms with van der Waals surface area (Å²) >= 11 is 3.54. The highest BCUT2D eigenvalue weighted by molar-refractivity contribution is 9.10. The molecule has 1 atom stereocenters. The second kappa shape index (κ2) is 9.43. The number of nitrogens with zero attached hydrogens (tertiary/aromatic N) is 2. The number of oxime groups is 1. The molecule has 9 nitrogen and oxygen atoms in total. The summed E-state index contributed by atoms with van der Waals surface area (Å²) in [6, 6.07) is 6.09. The van der Waals surface area contributed by atoms with Gasteiger partial charge in [-0.1, -0.05) is 23.4 Å². The Morgan fingerprint density at radius 2 is 2.03 bits per heavy atom. The first kappa shape index (κ1) is 21.9. The maximum absolute atomic E-state index is 13.6. The second-order valence-electron chi connectivity index (χ2n) is 6.82. The molecule has 1 unspecified atom stereocenters. The van der Waals surface area contributed by atoms with Crippen LogP contribution >= 0.6 is 15.9 Å². The highest BCUT2D eigenvalue weighted by Gasteiger charge is 2.34. The molecule has 11 heteroatoms. The average molecular weight is 508 g/mol. The molecule has 2 aromatic carbocycles. The van der Waals surface area contributed by atoms with Gasteiger partial charge in [-0.2, -0.15) is 5.10 Å². The van der Waals surface area contributed by atoms with E-state index in [4.69, 9.17) is 23.8 Å². The zero-order chi connectivity index (χ0) is 22.7. The van der Waals surface area contributed by atoms with Crippen LogP contribution in [0.1, 0.15) is 17.5 Å². The molecule has 2 aromatic rings. The zero-order valence-electron chi connectivity index (χ0n) is 17.2. The van der Waals surface area contributed by atoms with Gasteiger partial charge in [0.05, 0.1) is 24.9 Å². The second-order valence-corrected chi connectivity index (χ2v) is 7.61. The van der Waals surface area contributed by atoms with E-state index in [1.54, 1.807) is 18.2 Å². The normalized spacial score (nSPS) is 16.6. The predicted molar refractivity (Wildman–Crippen MR) is 116 cm³/mol. The summed E-state index contributed by atoms with van der Waals surface area (Å²) in [5.74, 6) is 0.880. The van der Waals surface area contributed by atoms with Crippen molar-refractivity contribution in [2.75, 3.05) is 21.0 Å². The Morgan fingerprint density at radius 1 is 1.28 bits per heavy atom. The number of hydrogen-bond donors (Lipinski definition) is 1. The fourth-order valence-electron chi connectivity index (χ4n) is 3.37. The molecule has 0 aliphatic carbocycles. The molecule has 0 aromatic heterocycles. The van der Waals surface area contributed by atoms with Crippen LogP contribution in [-0.2, 0) is 16.1 Å². The number of carbonyl (C=O) groups excluding carboxylic acids is 1. The molecule has 168 valence electrons. The van der Waals surface area contributed by atoms with Gasteiger partial charge >= 0.3 is 0 Å². The van der Waals surface area contributed by atoms with Crippen LogP contribution in [0.5, 0.6) is 23.0 Å². The third-order valence-corrected chi connectivity index (χ3v) is 5.71. The topological polar surface area (TPSA) is 100.0 Å². The van der Waals surface area contributed by atoms with E-state index in [2.05, 4.69) is 31.6 Å². The van der Waals surface area contributed by atoms with E-state index < -0.39 is 17.8 Å². The van der Waals surface area contributed by atoms with Crippen LogP contribution in [0.15, 0.2) is 39.0 Å². The largest absolute Gasteiger partial charge is 0.492 e. The van der Waals surface area contributed by atoms with Crippen LogP contribution in [0, 0.1) is 5.82 Å². The van der Waals surface area contributed by atoms with E-state index in [1.807, 2.05) is 0 Å². The number of methoxy groups -OCH3 is 2. The molecule has 0 saturated heterocycles. The SMILES string of the molecule is COc1c(CC2CC(C(=O)N/N=C/c3ccccc3F)=NO2)c(Br)c2c(c1OC)OCO2. The Kier molecular flexibility index (Phi) is 6.45. The Balaban J connectivity index is 1.43. The fraction of sp³-hybridized carbons (Fsp3) is 0.286. The smallest absolute Gasteiger partial charge is 0.289 e. The highest BCUT2D eigenvalue weighted by atomic mass is 79.9. The minimum absolute atomic E-state index is 0.0671. The monoisotopic (exact) mass is 507 g/mol. The molecule has 1 amide bonds. The lowest BCUT2D eigenvalue weighted by Crippen LogP contribution is -2.27. The summed E-state index contributed by atoms with van der Waals surface area (Å²) in [6.45, 7) is 0.0671. The van der Waals surface area contributed by atoms with Gasteiger partial charge in [0.25, 0.3) is 5.91 Å². The van der Waals surface area contributed by atoms with Crippen LogP contribution in [0.25, 0.3) is 0 Å². The number of nitrogens with one attached hydrogen (secondary N) is 1. The summed E-state index contributed by atoms with van der Waals surface area (Å²) in [7, 11) is 3.03. The zero-order valence-corrected chi connectivity index (χ0v) is 18.8. The van der Waals surface area contributed by atoms with Gasteiger partial charge < -0.3 is 23.8 Å². The van der Waals surface area contributed by atoms with Gasteiger partial charge in [0.15, 0.2) is 11.5 Å². The summed E-state index contributed by atoms with van der Waals surface area (Å²) in [5, 5.41) is 7.65. The van der Waals surface area contributed by atoms with E-state index >= 15 is 0 Å². The maximum Gasteiger partial charge on any atom is 0.289 e. The van der Waals surface area contributed by atoms with Crippen molar-refractivity contribution >= 4 is 33.8 Å². The fourth-order valence-corrected chi connectivity index (χ4v) is 4.01. The number of amides is 1. The van der Waals surface area contributed by atoms with Gasteiger partial charge in [0.2, 0.25) is 18.3 Å². The lowest BCUT2D eigenvalue weighted by atomic mass is 10.0. The van der Waals surface area contributed by atoms with Crippen LogP contribution in [0.2, 0.25) is 0 Å². The van der Waals surface area contributed by atoms with Crippen molar-refractivity contribution in [3.63, 3.8) is 0 Å². The van der Waals surface area contributed by atoms with Crippen molar-refractivity contribution in [1.82, 2.24) is 5.43 Å². The summed E-state index contributed by atoms with van der Waals surface area (Å²) in [6.07, 6.45) is 1.40. The van der Waals surface area contributed by atoms with E-state index in [0.29, 0.717) is 33.9 Å². The third kappa shape index (κ3) is 4.20. The Bertz CT molecular complexity index is 1110. The number of fused-ring (bicyclic) bond motifs is 1. The summed E-state index contributed by atoms with van der Waals surface area (Å²) in [4.78, 5) is 17.8. The van der Waals surface area contributed by atoms with Crippen LogP contribution in [-0.4, -0.2) is 44.9 Å². The van der Waals surface area contributed by atoms with Crippen molar-refractivity contribution in [3.05, 3.63) is 45.7 Å². The molecular weight excluding hydrogens is 489 g/mol. The first-order chi connectivity index (χ1) is 15.5. The predicted octanol–water partition coefficient (Wildman–Crippen LogP) is 3.17. The van der Waals surface area contributed by atoms with Crippen molar-refractivity contribution in [3.8, 4) is 23.0 Å². The standard InChI is InChI=1S/C21H19BrFN3O6/c1-28-17-13(16(22)18-20(19(17)29-2)31-10-30-18)7-12-8-15(26-32-12)21(27)25-24-9-11-5-3-4-6-14(11)23/h3-6,9,12H,7-8,10H2,1-2H3,(H,25,27)/b24-9+. The third-order valence-electron chi connectivity index (χ3n) is 4.87. The van der Waals surface area contributed by atoms with Gasteiger partial charge in [-0.25, -0.2) is 9.82 Å². The van der Waals surface area contributed by atoms with Crippen LogP contribution in [0.4, 0.5) is 4.39 Å². The van der Waals surface area contributed by atoms with Crippen molar-refractivity contribution in [1.29, 1.82) is 0 Å². The number of halogens is 2. The quantitative estimate of drug-likeness (QED) is 0.456. The molecule has 2 aliphatic heterocycles. The van der Waals surface area contributed by atoms with Gasteiger partial charge in [-0.15, -0.1) is 0 Å². The Hall–Kier alpha value is -3.34. The van der Waals surface area contributed by atoms with E-state index in [1.165, 1.54) is 26.5 Å². The van der Waals surface area contributed by atoms with Gasteiger partial charge in [0, 0.05) is 24.0 Å². The lowest BCUT2D eigenvalue weighted by Gasteiger charge is -2.18. The summed E-state index contributed by atoms with van der Waals surface area (Å²) < 4.78 is 36.3. The van der Waals surface area contributed by atoms with Gasteiger partial charge in [-0.3, -0.25) is 4.79 Å². The number of ether oxygens (including phenoxy) is 4. The first-order valence-electron chi connectivity index (χ1n) is 9.56. The van der Waals surface area contributed by atoms with Crippen molar-refractivity contribution in [2.45, 2.75) is 18.9 Å². The molecular formula is C21H19BrFN3O6. The molecule has 2 heterocycles. The minimum atomic E-state index is -0.533. The maximum atomic E-state index is 13.6. The number of carbonyl (C=O) groups is 1. The molecule has 4 rings (SSSR count). The van der Waals surface area contributed by atoms with Crippen molar-refractivity contribution < 1.29 is 33.0 Å². The Morgan fingerprint density at radius 3 is 2.78 bits per heavy atom. The lowest BCUT2D eigenvalue weighted by molar-refractivity contribution is -0.114. The number of rotatable bonds is 7. The molecule has 2 aliphatic rings. The highest BCUT2D eigenvalue weighted by Crippen LogP contribution is 2.54. The molecule has 0 radical (unpaired) electrons. The molecule has 1 N–H and O–H groups in total. The molecule has 0 bridgehead atoms. The minimum Gasteiger partial charge on any atom is -0.492 e. The van der Waals surface area contributed by atoms with E-state index in [9.17, 15) is 9.18 Å². The average Bonchev–Trinajstić information content (AvgIpc) is 3.47. The van der Waals surface area contributed by atoms with Crippen LogP contribution < -0.4 is 24.4 Å². The summed E-state index contributed by atoms with van der Waals surface area (Å²) in [5.41, 5.74) is 3.49. The van der Waals surface area contributed by atoms with Gasteiger partial charge in [-0.05, 0) is 22.0 Å². The molecule has 0 fully saturated rings. The van der Waals surface area contributed by atoms with E-state index in [0.717, 1.165) is 5.56 Å². The van der Waals surface area contributed by atoms with Crippen molar-refractivity contribution in [2.24, 2.45) is 10.3 Å². The number of hydrogen-bond acceptors (Lipinski definition) is 8. The van der Waals surface area contributed by atoms with Gasteiger partial charge in [0.1, 0.15) is 17.6 Å². The molecule has 0 saturated carbocycles. The number of benzene rings is 2. The Labute approximate surface area is 191 Å².